The van der Waals surface area contributed by atoms with Crippen LogP contribution in [0.15, 0.2) is 5.16 Å². The molecule has 0 aliphatic heterocycles. The molecule has 0 heterocycles. The van der Waals surface area contributed by atoms with Crippen LogP contribution in [0.4, 0.5) is 0 Å². The first-order valence-corrected chi connectivity index (χ1v) is 5.24. The van der Waals surface area contributed by atoms with Gasteiger partial charge in [-0.05, 0) is 32.6 Å². The van der Waals surface area contributed by atoms with Crippen molar-refractivity contribution < 1.29 is 10.0 Å². The highest BCUT2D eigenvalue weighted by Crippen LogP contribution is 2.25. The Kier molecular flexibility index (Phi) is 3.55. The van der Waals surface area contributed by atoms with Crippen LogP contribution in [0.5, 0.6) is 0 Å². The minimum absolute atomic E-state index is 0.0615. The molecule has 1 aliphatic rings. The third kappa shape index (κ3) is 2.61. The van der Waals surface area contributed by atoms with E-state index in [1.807, 2.05) is 0 Å². The standard InChI is InChI=1S/C10H19N3O2/c1-10(2,8(11)13-15)9(14)12-6-7-4-3-5-7/h7,15H,3-6H2,1-2H3,(H2,11,13)(H,12,14). The molecule has 1 saturated carbocycles. The molecule has 0 bridgehead atoms. The Morgan fingerprint density at radius 1 is 1.60 bits per heavy atom. The molecule has 0 aromatic carbocycles. The summed E-state index contributed by atoms with van der Waals surface area (Å²) in [4.78, 5) is 11.7. The summed E-state index contributed by atoms with van der Waals surface area (Å²) in [5, 5.41) is 14.2. The summed E-state index contributed by atoms with van der Waals surface area (Å²) in [6.45, 7) is 3.97. The molecule has 0 spiro atoms. The first kappa shape index (κ1) is 11.8. The van der Waals surface area contributed by atoms with Crippen molar-refractivity contribution in [2.45, 2.75) is 33.1 Å². The van der Waals surface area contributed by atoms with Crippen molar-refractivity contribution in [1.29, 1.82) is 0 Å². The highest BCUT2D eigenvalue weighted by Gasteiger charge is 2.33. The first-order valence-electron chi connectivity index (χ1n) is 5.24. The predicted octanol–water partition coefficient (Wildman–Crippen LogP) is 0.675. The number of nitrogens with two attached hydrogens (primary N) is 1. The number of carbonyl (C=O) groups excluding carboxylic acids is 1. The number of hydrogen-bond donors (Lipinski definition) is 3. The van der Waals surface area contributed by atoms with Gasteiger partial charge in [0, 0.05) is 6.54 Å². The fourth-order valence-electron chi connectivity index (χ4n) is 1.40. The van der Waals surface area contributed by atoms with Gasteiger partial charge in [0.05, 0.1) is 0 Å². The molecule has 86 valence electrons. The quantitative estimate of drug-likeness (QED) is 0.278. The van der Waals surface area contributed by atoms with Crippen molar-refractivity contribution in [3.05, 3.63) is 0 Å². The number of amidine groups is 1. The average Bonchev–Trinajstić information content (AvgIpc) is 2.13. The molecular formula is C10H19N3O2. The molecule has 5 nitrogen and oxygen atoms in total. The molecule has 1 rings (SSSR count). The van der Waals surface area contributed by atoms with E-state index in [-0.39, 0.29) is 11.7 Å². The number of nitrogens with one attached hydrogen (secondary N) is 1. The van der Waals surface area contributed by atoms with Gasteiger partial charge in [-0.3, -0.25) is 4.79 Å². The molecule has 0 saturated heterocycles. The zero-order chi connectivity index (χ0) is 11.5. The third-order valence-electron chi connectivity index (χ3n) is 3.09. The Balaban J connectivity index is 2.43. The van der Waals surface area contributed by atoms with Crippen LogP contribution in [0.1, 0.15) is 33.1 Å². The van der Waals surface area contributed by atoms with Gasteiger partial charge in [-0.15, -0.1) is 0 Å². The predicted molar refractivity (Wildman–Crippen MR) is 57.5 cm³/mol. The maximum absolute atomic E-state index is 11.7. The van der Waals surface area contributed by atoms with E-state index in [4.69, 9.17) is 10.9 Å². The van der Waals surface area contributed by atoms with Crippen molar-refractivity contribution >= 4 is 11.7 Å². The number of amides is 1. The van der Waals surface area contributed by atoms with Crippen LogP contribution in [0.2, 0.25) is 0 Å². The van der Waals surface area contributed by atoms with Gasteiger partial charge < -0.3 is 16.3 Å². The van der Waals surface area contributed by atoms with E-state index in [0.717, 1.165) is 0 Å². The van der Waals surface area contributed by atoms with Crippen LogP contribution < -0.4 is 11.1 Å². The summed E-state index contributed by atoms with van der Waals surface area (Å²) in [6, 6.07) is 0. The highest BCUT2D eigenvalue weighted by molar-refractivity contribution is 6.05. The van der Waals surface area contributed by atoms with Crippen LogP contribution in [0, 0.1) is 11.3 Å². The van der Waals surface area contributed by atoms with E-state index in [2.05, 4.69) is 10.5 Å². The molecule has 0 atom stereocenters. The molecule has 1 aliphatic carbocycles. The van der Waals surface area contributed by atoms with Crippen molar-refractivity contribution in [3.63, 3.8) is 0 Å². The zero-order valence-electron chi connectivity index (χ0n) is 9.29. The summed E-state index contributed by atoms with van der Waals surface area (Å²) in [7, 11) is 0. The van der Waals surface area contributed by atoms with Gasteiger partial charge >= 0.3 is 0 Å². The highest BCUT2D eigenvalue weighted by atomic mass is 16.4. The van der Waals surface area contributed by atoms with Gasteiger partial charge in [-0.25, -0.2) is 0 Å². The maximum Gasteiger partial charge on any atom is 0.233 e. The molecule has 0 unspecified atom stereocenters. The van der Waals surface area contributed by atoms with E-state index < -0.39 is 5.41 Å². The first-order chi connectivity index (χ1) is 6.98. The van der Waals surface area contributed by atoms with Crippen molar-refractivity contribution in [2.75, 3.05) is 6.54 Å². The molecule has 0 radical (unpaired) electrons. The number of rotatable bonds is 4. The van der Waals surface area contributed by atoms with Crippen molar-refractivity contribution in [3.8, 4) is 0 Å². The largest absolute Gasteiger partial charge is 0.409 e. The molecule has 1 fully saturated rings. The Labute approximate surface area is 89.7 Å². The molecule has 5 heteroatoms. The molecule has 4 N–H and O–H groups in total. The van der Waals surface area contributed by atoms with Crippen molar-refractivity contribution in [2.24, 2.45) is 22.2 Å². The van der Waals surface area contributed by atoms with Gasteiger partial charge in [0.25, 0.3) is 0 Å². The normalized spacial score (nSPS) is 18.4. The topological polar surface area (TPSA) is 87.7 Å². The molecule has 15 heavy (non-hydrogen) atoms. The third-order valence-corrected chi connectivity index (χ3v) is 3.09. The second kappa shape index (κ2) is 4.51. The Morgan fingerprint density at radius 3 is 2.60 bits per heavy atom. The molecular weight excluding hydrogens is 194 g/mol. The average molecular weight is 213 g/mol. The monoisotopic (exact) mass is 213 g/mol. The van der Waals surface area contributed by atoms with Crippen LogP contribution in [-0.4, -0.2) is 23.5 Å². The summed E-state index contributed by atoms with van der Waals surface area (Å²) in [6.07, 6.45) is 3.62. The fourth-order valence-corrected chi connectivity index (χ4v) is 1.40. The minimum atomic E-state index is -0.946. The van der Waals surface area contributed by atoms with E-state index in [0.29, 0.717) is 12.5 Å². The Bertz CT molecular complexity index is 270. The van der Waals surface area contributed by atoms with Gasteiger partial charge in [0.1, 0.15) is 5.41 Å². The van der Waals surface area contributed by atoms with Gasteiger partial charge in [-0.1, -0.05) is 11.6 Å². The number of nitrogens with zero attached hydrogens (tertiary/aromatic N) is 1. The fraction of sp³-hybridized carbons (Fsp3) is 0.800. The van der Waals surface area contributed by atoms with Crippen LogP contribution >= 0.6 is 0 Å². The molecule has 0 aromatic heterocycles. The lowest BCUT2D eigenvalue weighted by Crippen LogP contribution is -2.47. The minimum Gasteiger partial charge on any atom is -0.409 e. The van der Waals surface area contributed by atoms with E-state index in [1.54, 1.807) is 13.8 Å². The number of hydrogen-bond acceptors (Lipinski definition) is 3. The summed E-state index contributed by atoms with van der Waals surface area (Å²) in [5.41, 5.74) is 4.50. The summed E-state index contributed by atoms with van der Waals surface area (Å²) >= 11 is 0. The van der Waals surface area contributed by atoms with Gasteiger partial charge in [-0.2, -0.15) is 0 Å². The van der Waals surface area contributed by atoms with Gasteiger partial charge in [0.2, 0.25) is 5.91 Å². The Hall–Kier alpha value is -1.26. The second-order valence-electron chi connectivity index (χ2n) is 4.62. The number of oxime groups is 1. The molecule has 0 aromatic rings. The lowest BCUT2D eigenvalue weighted by Gasteiger charge is -2.28. The zero-order valence-corrected chi connectivity index (χ0v) is 9.29. The van der Waals surface area contributed by atoms with Crippen LogP contribution in [0.3, 0.4) is 0 Å². The second-order valence-corrected chi connectivity index (χ2v) is 4.62. The van der Waals surface area contributed by atoms with Gasteiger partial charge in [0.15, 0.2) is 5.84 Å². The Morgan fingerprint density at radius 2 is 2.20 bits per heavy atom. The van der Waals surface area contributed by atoms with E-state index in [1.165, 1.54) is 19.3 Å². The van der Waals surface area contributed by atoms with E-state index >= 15 is 0 Å². The molecule has 1 amide bonds. The number of carbonyl (C=O) groups is 1. The smallest absolute Gasteiger partial charge is 0.233 e. The SMILES string of the molecule is CC(C)(C(=O)NCC1CCC1)C(N)=NO. The maximum atomic E-state index is 11.7. The van der Waals surface area contributed by atoms with E-state index in [9.17, 15) is 4.79 Å². The summed E-state index contributed by atoms with van der Waals surface area (Å²) in [5.74, 6) is 0.357. The van der Waals surface area contributed by atoms with Crippen LogP contribution in [0.25, 0.3) is 0 Å². The van der Waals surface area contributed by atoms with Crippen LogP contribution in [-0.2, 0) is 4.79 Å². The summed E-state index contributed by atoms with van der Waals surface area (Å²) < 4.78 is 0. The van der Waals surface area contributed by atoms with Crippen molar-refractivity contribution in [1.82, 2.24) is 5.32 Å². The lowest BCUT2D eigenvalue weighted by atomic mass is 9.84. The lowest BCUT2D eigenvalue weighted by molar-refractivity contribution is -0.126.